The highest BCUT2D eigenvalue weighted by molar-refractivity contribution is 8.27. The van der Waals surface area contributed by atoms with Crippen molar-refractivity contribution in [2.45, 2.75) is 0 Å². The average Bonchev–Trinajstić information content (AvgIpc) is 2.77. The number of amides is 1. The number of aromatic hydroxyl groups is 2. The first-order valence-corrected chi connectivity index (χ1v) is 7.64. The van der Waals surface area contributed by atoms with E-state index in [1.807, 2.05) is 30.3 Å². The van der Waals surface area contributed by atoms with Crippen LogP contribution in [0.1, 0.15) is 5.56 Å². The van der Waals surface area contributed by atoms with E-state index in [-0.39, 0.29) is 17.4 Å². The number of carbonyl (C=O) groups is 1. The molecule has 0 bridgehead atoms. The van der Waals surface area contributed by atoms with Gasteiger partial charge in [0.05, 0.1) is 10.6 Å². The number of hydrogen-bond acceptors (Lipinski definition) is 5. The number of rotatable bonds is 2. The Labute approximate surface area is 136 Å². The van der Waals surface area contributed by atoms with E-state index in [0.717, 1.165) is 0 Å². The average molecular weight is 329 g/mol. The number of nitrogens with zero attached hydrogens (tertiary/aromatic N) is 1. The molecule has 110 valence electrons. The number of phenols is 2. The zero-order chi connectivity index (χ0) is 15.7. The molecule has 0 atom stereocenters. The Morgan fingerprint density at radius 2 is 1.82 bits per heavy atom. The second-order valence-corrected chi connectivity index (χ2v) is 6.27. The zero-order valence-electron chi connectivity index (χ0n) is 11.3. The summed E-state index contributed by atoms with van der Waals surface area (Å²) in [7, 11) is 0. The van der Waals surface area contributed by atoms with Crippen LogP contribution in [-0.4, -0.2) is 20.4 Å². The molecule has 2 aromatic carbocycles. The number of carbonyl (C=O) groups excluding carboxylic acids is 1. The Kier molecular flexibility index (Phi) is 3.87. The van der Waals surface area contributed by atoms with Gasteiger partial charge in [-0.2, -0.15) is 0 Å². The molecule has 0 spiro atoms. The lowest BCUT2D eigenvalue weighted by molar-refractivity contribution is -0.113. The van der Waals surface area contributed by atoms with Crippen molar-refractivity contribution >= 4 is 46.0 Å². The third kappa shape index (κ3) is 2.70. The monoisotopic (exact) mass is 329 g/mol. The largest absolute Gasteiger partial charge is 0.508 e. The van der Waals surface area contributed by atoms with Crippen LogP contribution in [0.3, 0.4) is 0 Å². The highest BCUT2D eigenvalue weighted by Crippen LogP contribution is 2.37. The third-order valence-electron chi connectivity index (χ3n) is 3.11. The van der Waals surface area contributed by atoms with E-state index in [1.165, 1.54) is 28.8 Å². The third-order valence-corrected chi connectivity index (χ3v) is 4.41. The molecule has 6 heteroatoms. The van der Waals surface area contributed by atoms with Gasteiger partial charge in [-0.1, -0.05) is 42.2 Å². The molecule has 0 aromatic heterocycles. The highest BCUT2D eigenvalue weighted by Gasteiger charge is 2.33. The van der Waals surface area contributed by atoms with Crippen LogP contribution in [-0.2, 0) is 4.79 Å². The molecule has 1 heterocycles. The molecule has 0 radical (unpaired) electrons. The standard InChI is InChI=1S/C16H11NO3S2/c18-12-7-6-10(13(19)9-12)8-14-15(20)17(16(21)22-14)11-4-2-1-3-5-11/h1-9,18-19H/b14-8-. The van der Waals surface area contributed by atoms with Crippen molar-refractivity contribution in [3.05, 3.63) is 59.0 Å². The molecule has 4 nitrogen and oxygen atoms in total. The molecule has 1 amide bonds. The van der Waals surface area contributed by atoms with Gasteiger partial charge in [-0.05, 0) is 30.3 Å². The summed E-state index contributed by atoms with van der Waals surface area (Å²) in [5.74, 6) is -0.356. The fraction of sp³-hybridized carbons (Fsp3) is 0. The molecule has 0 saturated carbocycles. The van der Waals surface area contributed by atoms with Crippen LogP contribution in [0.2, 0.25) is 0 Å². The van der Waals surface area contributed by atoms with E-state index in [1.54, 1.807) is 12.1 Å². The smallest absolute Gasteiger partial charge is 0.270 e. The zero-order valence-corrected chi connectivity index (χ0v) is 12.9. The van der Waals surface area contributed by atoms with Gasteiger partial charge in [0.2, 0.25) is 0 Å². The Morgan fingerprint density at radius 3 is 2.50 bits per heavy atom. The van der Waals surface area contributed by atoms with Gasteiger partial charge in [-0.3, -0.25) is 9.69 Å². The van der Waals surface area contributed by atoms with Gasteiger partial charge in [0.15, 0.2) is 4.32 Å². The summed E-state index contributed by atoms with van der Waals surface area (Å²) in [5.41, 5.74) is 1.16. The van der Waals surface area contributed by atoms with Gasteiger partial charge in [-0.15, -0.1) is 0 Å². The maximum atomic E-state index is 12.5. The lowest BCUT2D eigenvalue weighted by Gasteiger charge is -2.13. The second-order valence-electron chi connectivity index (χ2n) is 4.60. The molecular formula is C16H11NO3S2. The van der Waals surface area contributed by atoms with Gasteiger partial charge in [0.1, 0.15) is 11.5 Å². The van der Waals surface area contributed by atoms with Gasteiger partial charge in [0, 0.05) is 11.6 Å². The minimum atomic E-state index is -0.228. The fourth-order valence-corrected chi connectivity index (χ4v) is 3.35. The Hall–Kier alpha value is -2.31. The molecule has 1 fully saturated rings. The van der Waals surface area contributed by atoms with Crippen molar-refractivity contribution in [1.82, 2.24) is 0 Å². The van der Waals surface area contributed by atoms with E-state index in [2.05, 4.69) is 0 Å². The van der Waals surface area contributed by atoms with Crippen LogP contribution in [0.25, 0.3) is 6.08 Å². The summed E-state index contributed by atoms with van der Waals surface area (Å²) in [6, 6.07) is 13.4. The van der Waals surface area contributed by atoms with Gasteiger partial charge < -0.3 is 10.2 Å². The molecule has 1 aliphatic rings. The summed E-state index contributed by atoms with van der Waals surface area (Å²) in [4.78, 5) is 14.4. The normalized spacial score (nSPS) is 16.5. The van der Waals surface area contributed by atoms with Gasteiger partial charge in [-0.25, -0.2) is 0 Å². The molecule has 0 unspecified atom stereocenters. The molecule has 1 aliphatic heterocycles. The molecule has 22 heavy (non-hydrogen) atoms. The van der Waals surface area contributed by atoms with Crippen molar-refractivity contribution in [3.8, 4) is 11.5 Å². The van der Waals surface area contributed by atoms with Crippen LogP contribution in [0, 0.1) is 0 Å². The van der Waals surface area contributed by atoms with E-state index in [4.69, 9.17) is 12.2 Å². The predicted octanol–water partition coefficient (Wildman–Crippen LogP) is 3.50. The van der Waals surface area contributed by atoms with Crippen LogP contribution < -0.4 is 4.90 Å². The van der Waals surface area contributed by atoms with Crippen molar-refractivity contribution in [2.75, 3.05) is 4.90 Å². The summed E-state index contributed by atoms with van der Waals surface area (Å²) in [6.07, 6.45) is 1.57. The van der Waals surface area contributed by atoms with Crippen molar-refractivity contribution in [1.29, 1.82) is 0 Å². The SMILES string of the molecule is O=C1/C(=C/c2ccc(O)cc2O)SC(=S)N1c1ccccc1. The Morgan fingerprint density at radius 1 is 1.09 bits per heavy atom. The van der Waals surface area contributed by atoms with Crippen LogP contribution >= 0.6 is 24.0 Å². The highest BCUT2D eigenvalue weighted by atomic mass is 32.2. The number of para-hydroxylation sites is 1. The fourth-order valence-electron chi connectivity index (χ4n) is 2.06. The predicted molar refractivity (Wildman–Crippen MR) is 91.9 cm³/mol. The quantitative estimate of drug-likeness (QED) is 0.652. The summed E-state index contributed by atoms with van der Waals surface area (Å²) in [6.45, 7) is 0. The lowest BCUT2D eigenvalue weighted by Crippen LogP contribution is -2.27. The summed E-state index contributed by atoms with van der Waals surface area (Å²) < 4.78 is 0.445. The number of thiocarbonyl (C=S) groups is 1. The Bertz CT molecular complexity index is 787. The number of anilines is 1. The van der Waals surface area contributed by atoms with Crippen molar-refractivity contribution in [3.63, 3.8) is 0 Å². The molecular weight excluding hydrogens is 318 g/mol. The maximum Gasteiger partial charge on any atom is 0.270 e. The van der Waals surface area contributed by atoms with Crippen LogP contribution in [0.4, 0.5) is 5.69 Å². The van der Waals surface area contributed by atoms with E-state index in [9.17, 15) is 15.0 Å². The summed E-state index contributed by atoms with van der Waals surface area (Å²) >= 11 is 6.45. The minimum Gasteiger partial charge on any atom is -0.508 e. The maximum absolute atomic E-state index is 12.5. The van der Waals surface area contributed by atoms with E-state index >= 15 is 0 Å². The van der Waals surface area contributed by atoms with Crippen molar-refractivity contribution in [2.24, 2.45) is 0 Å². The second kappa shape index (κ2) is 5.82. The summed E-state index contributed by atoms with van der Waals surface area (Å²) in [5, 5.41) is 19.1. The van der Waals surface area contributed by atoms with Crippen LogP contribution in [0.5, 0.6) is 11.5 Å². The van der Waals surface area contributed by atoms with E-state index < -0.39 is 0 Å². The lowest BCUT2D eigenvalue weighted by atomic mass is 10.1. The first kappa shape index (κ1) is 14.6. The number of phenolic OH excluding ortho intramolecular Hbond substituents is 2. The van der Waals surface area contributed by atoms with Gasteiger partial charge >= 0.3 is 0 Å². The number of hydrogen-bond donors (Lipinski definition) is 2. The van der Waals surface area contributed by atoms with E-state index in [0.29, 0.717) is 20.5 Å². The molecule has 0 aliphatic carbocycles. The molecule has 2 aromatic rings. The number of benzene rings is 2. The molecule has 2 N–H and O–H groups in total. The van der Waals surface area contributed by atoms with Crippen LogP contribution in [0.15, 0.2) is 53.4 Å². The first-order valence-electron chi connectivity index (χ1n) is 6.41. The van der Waals surface area contributed by atoms with Crippen molar-refractivity contribution < 1.29 is 15.0 Å². The Balaban J connectivity index is 1.96. The van der Waals surface area contributed by atoms with Gasteiger partial charge in [0.25, 0.3) is 5.91 Å². The topological polar surface area (TPSA) is 60.8 Å². The molecule has 3 rings (SSSR count). The number of thioether (sulfide) groups is 1. The molecule has 1 saturated heterocycles. The minimum absolute atomic E-state index is 0.0357. The first-order chi connectivity index (χ1) is 10.6.